The number of rotatable bonds is 8. The molecule has 0 unspecified atom stereocenters. The molecule has 0 N–H and O–H groups in total. The van der Waals surface area contributed by atoms with Crippen LogP contribution >= 0.6 is 15.9 Å². The van der Waals surface area contributed by atoms with Gasteiger partial charge in [-0.05, 0) is 36.8 Å². The number of alkyl halides is 1. The average Bonchev–Trinajstić information content (AvgIpc) is 2.68. The molecule has 136 valence electrons. The van der Waals surface area contributed by atoms with Gasteiger partial charge in [0, 0.05) is 23.3 Å². The highest BCUT2D eigenvalue weighted by molar-refractivity contribution is 9.08. The molecular weight excluding hydrogens is 370 g/mol. The van der Waals surface area contributed by atoms with Crippen molar-refractivity contribution in [3.8, 4) is 0 Å². The van der Waals surface area contributed by atoms with Gasteiger partial charge in [0.2, 0.25) is 0 Å². The summed E-state index contributed by atoms with van der Waals surface area (Å²) in [6.07, 6.45) is 13.1. The molecule has 1 nitrogen and oxygen atoms in total. The Kier molecular flexibility index (Phi) is 18.4. The maximum atomic E-state index is 3.84. The minimum absolute atomic E-state index is 0.762. The van der Waals surface area contributed by atoms with Crippen molar-refractivity contribution in [1.82, 2.24) is 0 Å². The zero-order chi connectivity index (χ0) is 19.5. The predicted octanol–water partition coefficient (Wildman–Crippen LogP) is 7.60. The molecule has 2 heteroatoms. The maximum Gasteiger partial charge on any atom is 0.0413 e. The summed E-state index contributed by atoms with van der Waals surface area (Å²) in [4.78, 5) is 2.20. The predicted molar refractivity (Wildman–Crippen MR) is 121 cm³/mol. The Labute approximate surface area is 163 Å². The molecule has 0 heterocycles. The summed E-state index contributed by atoms with van der Waals surface area (Å²) in [5.74, 6) is 0. The van der Waals surface area contributed by atoms with Gasteiger partial charge >= 0.3 is 0 Å². The van der Waals surface area contributed by atoms with Crippen molar-refractivity contribution in [2.75, 3.05) is 11.4 Å². The van der Waals surface area contributed by atoms with Crippen molar-refractivity contribution < 1.29 is 0 Å². The molecule has 0 aliphatic heterocycles. The lowest BCUT2D eigenvalue weighted by atomic mass is 10.2. The van der Waals surface area contributed by atoms with Gasteiger partial charge in [-0.1, -0.05) is 92.0 Å². The van der Waals surface area contributed by atoms with E-state index in [0.717, 1.165) is 23.3 Å². The molecule has 0 amide bonds. The van der Waals surface area contributed by atoms with Gasteiger partial charge in [-0.2, -0.15) is 0 Å². The van der Waals surface area contributed by atoms with Gasteiger partial charge in [0.25, 0.3) is 0 Å². The Morgan fingerprint density at radius 2 is 1.56 bits per heavy atom. The Morgan fingerprint density at radius 1 is 1.00 bits per heavy atom. The number of hydrogen-bond acceptors (Lipinski definition) is 1. The number of benzene rings is 1. The summed E-state index contributed by atoms with van der Waals surface area (Å²) in [6.45, 7) is 21.1. The van der Waals surface area contributed by atoms with E-state index in [-0.39, 0.29) is 0 Å². The van der Waals surface area contributed by atoms with Crippen LogP contribution in [0.2, 0.25) is 0 Å². The Hall–Kier alpha value is -2.06. The SMILES string of the molecule is C=C/C=C(\C=C/C)N(CC=C)c1ccc(CBr)cc1.C=CC=C.CC. The number of halogens is 1. The van der Waals surface area contributed by atoms with Gasteiger partial charge < -0.3 is 4.90 Å². The largest absolute Gasteiger partial charge is 0.338 e. The van der Waals surface area contributed by atoms with Gasteiger partial charge in [0.1, 0.15) is 0 Å². The zero-order valence-corrected chi connectivity index (χ0v) is 17.5. The van der Waals surface area contributed by atoms with E-state index in [4.69, 9.17) is 0 Å². The van der Waals surface area contributed by atoms with Crippen LogP contribution in [0.25, 0.3) is 0 Å². The van der Waals surface area contributed by atoms with Crippen molar-refractivity contribution in [2.24, 2.45) is 0 Å². The molecule has 0 saturated carbocycles. The monoisotopic (exact) mass is 401 g/mol. The molecule has 0 atom stereocenters. The first-order chi connectivity index (χ1) is 12.2. The lowest BCUT2D eigenvalue weighted by Gasteiger charge is -2.24. The second kappa shape index (κ2) is 18.3. The molecule has 0 saturated heterocycles. The summed E-state index contributed by atoms with van der Waals surface area (Å²) >= 11 is 3.46. The molecular formula is C23H32BrN. The van der Waals surface area contributed by atoms with Crippen molar-refractivity contribution in [3.05, 3.63) is 104 Å². The maximum absolute atomic E-state index is 3.84. The third-order valence-corrected chi connectivity index (χ3v) is 3.47. The normalized spacial score (nSPS) is 9.84. The first-order valence-corrected chi connectivity index (χ1v) is 9.52. The highest BCUT2D eigenvalue weighted by atomic mass is 79.9. The van der Waals surface area contributed by atoms with Gasteiger partial charge in [0.05, 0.1) is 0 Å². The van der Waals surface area contributed by atoms with Crippen LogP contribution in [-0.2, 0) is 5.33 Å². The highest BCUT2D eigenvalue weighted by Crippen LogP contribution is 2.21. The first kappa shape index (κ1) is 25.2. The van der Waals surface area contributed by atoms with Crippen molar-refractivity contribution in [1.29, 1.82) is 0 Å². The Balaban J connectivity index is 0. The fraction of sp³-hybridized carbons (Fsp3) is 0.217. The zero-order valence-electron chi connectivity index (χ0n) is 15.9. The smallest absolute Gasteiger partial charge is 0.0413 e. The Morgan fingerprint density at radius 3 is 1.92 bits per heavy atom. The van der Waals surface area contributed by atoms with E-state index in [9.17, 15) is 0 Å². The van der Waals surface area contributed by atoms with Crippen molar-refractivity contribution in [2.45, 2.75) is 26.1 Å². The topological polar surface area (TPSA) is 3.24 Å². The van der Waals surface area contributed by atoms with Crippen LogP contribution < -0.4 is 4.90 Å². The first-order valence-electron chi connectivity index (χ1n) is 8.40. The minimum Gasteiger partial charge on any atom is -0.338 e. The summed E-state index contributed by atoms with van der Waals surface area (Å²) in [5.41, 5.74) is 3.52. The summed E-state index contributed by atoms with van der Waals surface area (Å²) in [7, 11) is 0. The average molecular weight is 402 g/mol. The highest BCUT2D eigenvalue weighted by Gasteiger charge is 2.07. The molecule has 0 aromatic heterocycles. The van der Waals surface area contributed by atoms with Crippen LogP contribution in [0.5, 0.6) is 0 Å². The van der Waals surface area contributed by atoms with Crippen LogP contribution in [0.4, 0.5) is 5.69 Å². The van der Waals surface area contributed by atoms with Gasteiger partial charge in [-0.15, -0.1) is 6.58 Å². The second-order valence-electron chi connectivity index (χ2n) is 4.50. The number of allylic oxidation sites excluding steroid dienone is 6. The van der Waals surface area contributed by atoms with E-state index in [1.807, 2.05) is 39.0 Å². The number of anilines is 1. The third-order valence-electron chi connectivity index (χ3n) is 2.82. The minimum atomic E-state index is 0.762. The van der Waals surface area contributed by atoms with Crippen LogP contribution in [0.15, 0.2) is 98.8 Å². The molecule has 25 heavy (non-hydrogen) atoms. The lowest BCUT2D eigenvalue weighted by molar-refractivity contribution is 1.04. The van der Waals surface area contributed by atoms with Gasteiger partial charge in [-0.3, -0.25) is 0 Å². The van der Waals surface area contributed by atoms with Gasteiger partial charge in [-0.25, -0.2) is 0 Å². The molecule has 1 aromatic carbocycles. The van der Waals surface area contributed by atoms with E-state index in [1.54, 1.807) is 18.2 Å². The molecule has 0 aliphatic carbocycles. The number of hydrogen-bond donors (Lipinski definition) is 0. The lowest BCUT2D eigenvalue weighted by Crippen LogP contribution is -2.21. The fourth-order valence-corrected chi connectivity index (χ4v) is 2.15. The molecule has 1 rings (SSSR count). The molecule has 0 spiro atoms. The van der Waals surface area contributed by atoms with E-state index >= 15 is 0 Å². The third kappa shape index (κ3) is 11.2. The van der Waals surface area contributed by atoms with Crippen LogP contribution in [0.1, 0.15) is 26.3 Å². The Bertz CT molecular complexity index is 544. The van der Waals surface area contributed by atoms with Gasteiger partial charge in [0.15, 0.2) is 0 Å². The van der Waals surface area contributed by atoms with Crippen LogP contribution in [0, 0.1) is 0 Å². The molecule has 0 fully saturated rings. The molecule has 1 aromatic rings. The summed E-state index contributed by atoms with van der Waals surface area (Å²) in [6, 6.07) is 8.50. The van der Waals surface area contributed by atoms with E-state index in [1.165, 1.54) is 5.56 Å². The fourth-order valence-electron chi connectivity index (χ4n) is 1.78. The number of nitrogens with zero attached hydrogens (tertiary/aromatic N) is 1. The van der Waals surface area contributed by atoms with E-state index in [2.05, 4.69) is 77.5 Å². The summed E-state index contributed by atoms with van der Waals surface area (Å²) in [5, 5.41) is 0.874. The van der Waals surface area contributed by atoms with Crippen LogP contribution in [0.3, 0.4) is 0 Å². The second-order valence-corrected chi connectivity index (χ2v) is 5.06. The quantitative estimate of drug-likeness (QED) is 0.246. The standard InChI is InChI=1S/C17H20BrN.C4H6.C2H6/c1-4-7-16(8-5-2)19(13-6-3)17-11-9-15(14-18)10-12-17;1-3-4-2;1-2/h4-12H,1,3,13-14H2,2H3;3-4H,1-2H2;1-2H3/b8-5-,16-7+;;. The van der Waals surface area contributed by atoms with E-state index < -0.39 is 0 Å². The van der Waals surface area contributed by atoms with Crippen LogP contribution in [-0.4, -0.2) is 6.54 Å². The summed E-state index contributed by atoms with van der Waals surface area (Å²) < 4.78 is 0. The van der Waals surface area contributed by atoms with Crippen molar-refractivity contribution in [3.63, 3.8) is 0 Å². The molecule has 0 radical (unpaired) electrons. The van der Waals surface area contributed by atoms with Crippen molar-refractivity contribution >= 4 is 21.6 Å². The molecule has 0 aliphatic rings. The van der Waals surface area contributed by atoms with E-state index in [0.29, 0.717) is 0 Å². The molecule has 0 bridgehead atoms.